The summed E-state index contributed by atoms with van der Waals surface area (Å²) in [6.07, 6.45) is 15.8. The van der Waals surface area contributed by atoms with Gasteiger partial charge in [-0.05, 0) is 62.3 Å². The molecular weight excluding hydrogens is 464 g/mol. The summed E-state index contributed by atoms with van der Waals surface area (Å²) in [6.45, 7) is 2.09. The number of nitrogens with zero attached hydrogens (tertiary/aromatic N) is 2. The number of aryl methyl sites for hydroxylation is 1. The summed E-state index contributed by atoms with van der Waals surface area (Å²) < 4.78 is 0. The van der Waals surface area contributed by atoms with E-state index < -0.39 is 0 Å². The predicted molar refractivity (Wildman–Crippen MR) is 157 cm³/mol. The third-order valence-corrected chi connectivity index (χ3v) is 7.29. The number of benzene rings is 2. The number of hydrogen-bond donors (Lipinski definition) is 2. The minimum absolute atomic E-state index is 0. The monoisotopic (exact) mass is 502 g/mol. The van der Waals surface area contributed by atoms with Crippen molar-refractivity contribution in [1.82, 2.24) is 9.97 Å². The van der Waals surface area contributed by atoms with Gasteiger partial charge < -0.3 is 10.6 Å². The third kappa shape index (κ3) is 6.47. The van der Waals surface area contributed by atoms with E-state index in [0.717, 1.165) is 30.5 Å². The maximum Gasteiger partial charge on any atom is 0.0726 e. The number of rotatable bonds is 12. The summed E-state index contributed by atoms with van der Waals surface area (Å²) in [6, 6.07) is 19.1. The Kier molecular flexibility index (Phi) is 9.80. The Hall–Kier alpha value is -2.85. The van der Waals surface area contributed by atoms with E-state index in [1.165, 1.54) is 97.6 Å². The highest BCUT2D eigenvalue weighted by molar-refractivity contribution is 5.93. The number of nitrogens with one attached hydrogen (secondary N) is 2. The number of fused-ring (bicyclic) bond motifs is 3. The van der Waals surface area contributed by atoms with Crippen LogP contribution in [0.25, 0.3) is 21.8 Å². The molecule has 0 radical (unpaired) electrons. The van der Waals surface area contributed by atoms with Crippen molar-refractivity contribution in [1.29, 1.82) is 0 Å². The van der Waals surface area contributed by atoms with E-state index in [1.807, 2.05) is 12.3 Å². The van der Waals surface area contributed by atoms with Gasteiger partial charge in [-0.1, -0.05) is 68.5 Å². The second-order valence-electron chi connectivity index (χ2n) is 9.84. The molecule has 5 heteroatoms. The van der Waals surface area contributed by atoms with Gasteiger partial charge in [-0.3, -0.25) is 9.97 Å². The fourth-order valence-electron chi connectivity index (χ4n) is 5.39. The number of anilines is 2. The van der Waals surface area contributed by atoms with Crippen molar-refractivity contribution in [2.45, 2.75) is 70.6 Å². The van der Waals surface area contributed by atoms with Crippen LogP contribution in [0.2, 0.25) is 0 Å². The zero-order valence-corrected chi connectivity index (χ0v) is 22.1. The summed E-state index contributed by atoms with van der Waals surface area (Å²) >= 11 is 0. The number of aromatic nitrogens is 2. The fraction of sp³-hybridized carbons (Fsp3) is 0.419. The van der Waals surface area contributed by atoms with Gasteiger partial charge in [0.2, 0.25) is 0 Å². The molecule has 0 saturated heterocycles. The van der Waals surface area contributed by atoms with Crippen molar-refractivity contribution in [2.75, 3.05) is 23.7 Å². The Balaban J connectivity index is 0.00000304. The van der Waals surface area contributed by atoms with Gasteiger partial charge in [0, 0.05) is 47.1 Å². The molecule has 0 spiro atoms. The van der Waals surface area contributed by atoms with E-state index in [4.69, 9.17) is 4.98 Å². The van der Waals surface area contributed by atoms with E-state index >= 15 is 0 Å². The Morgan fingerprint density at radius 2 is 1.28 bits per heavy atom. The van der Waals surface area contributed by atoms with Gasteiger partial charge in [0.15, 0.2) is 0 Å². The average molecular weight is 503 g/mol. The van der Waals surface area contributed by atoms with Crippen LogP contribution in [0, 0.1) is 0 Å². The number of pyridine rings is 2. The van der Waals surface area contributed by atoms with Crippen molar-refractivity contribution in [3.63, 3.8) is 0 Å². The first-order valence-electron chi connectivity index (χ1n) is 13.6. The summed E-state index contributed by atoms with van der Waals surface area (Å²) in [5, 5.41) is 9.92. The van der Waals surface area contributed by atoms with Gasteiger partial charge in [0.25, 0.3) is 0 Å². The first-order valence-corrected chi connectivity index (χ1v) is 13.6. The van der Waals surface area contributed by atoms with Crippen LogP contribution in [-0.2, 0) is 12.8 Å². The zero-order valence-electron chi connectivity index (χ0n) is 21.3. The van der Waals surface area contributed by atoms with Gasteiger partial charge >= 0.3 is 0 Å². The Labute approximate surface area is 221 Å². The van der Waals surface area contributed by atoms with Gasteiger partial charge in [0.1, 0.15) is 0 Å². The van der Waals surface area contributed by atoms with Crippen LogP contribution in [0.15, 0.2) is 60.8 Å². The molecule has 2 aromatic heterocycles. The van der Waals surface area contributed by atoms with Crippen molar-refractivity contribution in [2.24, 2.45) is 0 Å². The standard InChI is InChI=1S/C31H38N4.ClH/c1(2-4-12-21-32-28-20-23-33-27-17-9-6-14-24(27)28)3-5-13-22-34-31-25-15-7-10-18-29(25)35-30-19-11-8-16-26(30)31;/h6-7,9-10,14-15,17-18,20,23H,1-5,8,11-13,16,19,21-22H2,(H,32,33)(H,34,35);1H. The van der Waals surface area contributed by atoms with Crippen molar-refractivity contribution >= 4 is 45.6 Å². The lowest BCUT2D eigenvalue weighted by molar-refractivity contribution is 0.591. The number of hydrogen-bond acceptors (Lipinski definition) is 4. The largest absolute Gasteiger partial charge is 0.384 e. The topological polar surface area (TPSA) is 49.8 Å². The van der Waals surface area contributed by atoms with Crippen LogP contribution >= 0.6 is 12.4 Å². The van der Waals surface area contributed by atoms with E-state index in [0.29, 0.717) is 0 Å². The Bertz CT molecular complexity index is 1250. The van der Waals surface area contributed by atoms with Crippen molar-refractivity contribution in [3.05, 3.63) is 72.1 Å². The van der Waals surface area contributed by atoms with E-state index in [-0.39, 0.29) is 12.4 Å². The van der Waals surface area contributed by atoms with Crippen LogP contribution in [0.5, 0.6) is 0 Å². The average Bonchev–Trinajstić information content (AvgIpc) is 2.91. The van der Waals surface area contributed by atoms with Crippen LogP contribution in [0.1, 0.15) is 69.0 Å². The van der Waals surface area contributed by atoms with Gasteiger partial charge in [0.05, 0.1) is 11.0 Å². The first-order chi connectivity index (χ1) is 17.4. The molecule has 0 bridgehead atoms. The van der Waals surface area contributed by atoms with Gasteiger partial charge in [-0.2, -0.15) is 0 Å². The molecule has 4 aromatic rings. The predicted octanol–water partition coefficient (Wildman–Crippen LogP) is 8.34. The van der Waals surface area contributed by atoms with Crippen LogP contribution < -0.4 is 10.6 Å². The molecule has 2 N–H and O–H groups in total. The quantitative estimate of drug-likeness (QED) is 0.191. The highest BCUT2D eigenvalue weighted by atomic mass is 35.5. The van der Waals surface area contributed by atoms with Gasteiger partial charge in [-0.25, -0.2) is 0 Å². The Morgan fingerprint density at radius 3 is 2.08 bits per heavy atom. The smallest absolute Gasteiger partial charge is 0.0726 e. The molecule has 2 heterocycles. The molecule has 36 heavy (non-hydrogen) atoms. The lowest BCUT2D eigenvalue weighted by Gasteiger charge is -2.21. The molecule has 0 fully saturated rings. The fourth-order valence-corrected chi connectivity index (χ4v) is 5.39. The molecule has 5 rings (SSSR count). The maximum absolute atomic E-state index is 4.96. The molecular formula is C31H39ClN4. The normalized spacial score (nSPS) is 12.8. The van der Waals surface area contributed by atoms with E-state index in [2.05, 4.69) is 64.1 Å². The Morgan fingerprint density at radius 1 is 0.639 bits per heavy atom. The molecule has 1 aliphatic carbocycles. The molecule has 0 amide bonds. The number of halogens is 1. The third-order valence-electron chi connectivity index (χ3n) is 7.29. The molecule has 1 aliphatic rings. The summed E-state index contributed by atoms with van der Waals surface area (Å²) in [5.74, 6) is 0. The highest BCUT2D eigenvalue weighted by Gasteiger charge is 2.17. The lowest BCUT2D eigenvalue weighted by atomic mass is 9.92. The van der Waals surface area contributed by atoms with Crippen molar-refractivity contribution < 1.29 is 0 Å². The number of unbranched alkanes of at least 4 members (excludes halogenated alkanes) is 6. The molecule has 2 aromatic carbocycles. The molecule has 0 saturated carbocycles. The first kappa shape index (κ1) is 26.2. The summed E-state index contributed by atoms with van der Waals surface area (Å²) in [5.41, 5.74) is 7.56. The minimum atomic E-state index is 0. The van der Waals surface area contributed by atoms with Crippen molar-refractivity contribution in [3.8, 4) is 0 Å². The second-order valence-corrected chi connectivity index (χ2v) is 9.84. The van der Waals surface area contributed by atoms with Crippen LogP contribution in [0.4, 0.5) is 11.4 Å². The van der Waals surface area contributed by atoms with Gasteiger partial charge in [-0.15, -0.1) is 12.4 Å². The minimum Gasteiger partial charge on any atom is -0.384 e. The second kappa shape index (κ2) is 13.5. The molecule has 0 atom stereocenters. The summed E-state index contributed by atoms with van der Waals surface area (Å²) in [4.78, 5) is 9.40. The maximum atomic E-state index is 4.96. The highest BCUT2D eigenvalue weighted by Crippen LogP contribution is 2.33. The number of para-hydroxylation sites is 2. The zero-order chi connectivity index (χ0) is 23.7. The van der Waals surface area contributed by atoms with E-state index in [1.54, 1.807) is 0 Å². The van der Waals surface area contributed by atoms with Crippen LogP contribution in [-0.4, -0.2) is 23.1 Å². The lowest BCUT2D eigenvalue weighted by Crippen LogP contribution is -2.12. The summed E-state index contributed by atoms with van der Waals surface area (Å²) in [7, 11) is 0. The van der Waals surface area contributed by atoms with E-state index in [9.17, 15) is 0 Å². The molecule has 4 nitrogen and oxygen atoms in total. The molecule has 190 valence electrons. The molecule has 0 aliphatic heterocycles. The molecule has 0 unspecified atom stereocenters. The SMILES string of the molecule is Cl.c1ccc2c(NCCCCCCCCCNc3c4c(nc5ccccc35)CCCC4)ccnc2c1. The van der Waals surface area contributed by atoms with Crippen LogP contribution in [0.3, 0.4) is 0 Å².